The third-order valence-corrected chi connectivity index (χ3v) is 11.0. The van der Waals surface area contributed by atoms with Gasteiger partial charge in [0.05, 0.1) is 0 Å². The molecule has 0 aliphatic heterocycles. The molecule has 8 aliphatic rings. The molecule has 2 unspecified atom stereocenters. The van der Waals surface area contributed by atoms with Crippen LogP contribution in [0, 0.1) is 32.5 Å². The summed E-state index contributed by atoms with van der Waals surface area (Å²) in [6.45, 7) is 14.8. The lowest BCUT2D eigenvalue weighted by Crippen LogP contribution is -2.46. The molecule has 2 atom stereocenters. The average molecular weight is 401 g/mol. The van der Waals surface area contributed by atoms with Crippen LogP contribution < -0.4 is 0 Å². The summed E-state index contributed by atoms with van der Waals surface area (Å²) in [7, 11) is 0. The van der Waals surface area contributed by atoms with E-state index >= 15 is 0 Å². The summed E-state index contributed by atoms with van der Waals surface area (Å²) in [6.07, 6.45) is 25.6. The first kappa shape index (κ1) is 22.2. The van der Waals surface area contributed by atoms with Gasteiger partial charge in [0.15, 0.2) is 0 Å². The lowest BCUT2D eigenvalue weighted by molar-refractivity contribution is -0.0669. The van der Waals surface area contributed by atoms with Crippen LogP contribution in [-0.2, 0) is 0 Å². The molecule has 0 saturated heterocycles. The fraction of sp³-hybridized carbons (Fsp3) is 1.00. The Labute approximate surface area is 183 Å². The first-order valence-electron chi connectivity index (χ1n) is 13.4. The highest BCUT2D eigenvalue weighted by atomic mass is 14.6. The quantitative estimate of drug-likeness (QED) is 0.379. The van der Waals surface area contributed by atoms with Gasteiger partial charge >= 0.3 is 0 Å². The Morgan fingerprint density at radius 2 is 0.517 bits per heavy atom. The van der Waals surface area contributed by atoms with E-state index in [1.807, 2.05) is 0 Å². The van der Waals surface area contributed by atoms with Gasteiger partial charge in [-0.3, -0.25) is 0 Å². The molecule has 0 amide bonds. The van der Waals surface area contributed by atoms with Crippen LogP contribution in [0.25, 0.3) is 0 Å². The Morgan fingerprint density at radius 3 is 0.759 bits per heavy atom. The van der Waals surface area contributed by atoms with Crippen molar-refractivity contribution in [3.8, 4) is 0 Å². The summed E-state index contributed by atoms with van der Waals surface area (Å²) in [6, 6.07) is 0. The van der Waals surface area contributed by atoms with Crippen molar-refractivity contribution in [1.29, 1.82) is 0 Å². The van der Waals surface area contributed by atoms with E-state index in [0.717, 1.165) is 32.5 Å². The highest BCUT2D eigenvalue weighted by Crippen LogP contribution is 2.63. The van der Waals surface area contributed by atoms with Crippen LogP contribution in [-0.4, -0.2) is 0 Å². The van der Waals surface area contributed by atoms with E-state index in [9.17, 15) is 0 Å². The van der Waals surface area contributed by atoms with Crippen molar-refractivity contribution in [2.24, 2.45) is 32.5 Å². The van der Waals surface area contributed by atoms with Crippen molar-refractivity contribution in [2.45, 2.75) is 151 Å². The Bertz CT molecular complexity index is 521. The van der Waals surface area contributed by atoms with E-state index in [0.29, 0.717) is 0 Å². The van der Waals surface area contributed by atoms with Crippen LogP contribution in [0.2, 0.25) is 0 Å². The molecule has 0 aromatic rings. The zero-order chi connectivity index (χ0) is 21.0. The van der Waals surface area contributed by atoms with Gasteiger partial charge in [0.1, 0.15) is 0 Å². The standard InChI is InChI=1S/2C10H18.C9H16/c1-9-3-6-10(2,7-4-9)8-5-9;1-9-4-3-5-10(2,8-9)7-6-9;1-8-4-3-5-9(2,6-8)7-8/h2*3-8H2,1-2H3;3-7H2,1-2H3. The van der Waals surface area contributed by atoms with Gasteiger partial charge in [-0.05, 0) is 129 Å². The minimum Gasteiger partial charge on any atom is -0.0596 e. The predicted octanol–water partition coefficient (Wildman–Crippen LogP) is 9.71. The fourth-order valence-corrected chi connectivity index (χ4v) is 9.04. The van der Waals surface area contributed by atoms with Gasteiger partial charge in [0, 0.05) is 0 Å². The summed E-state index contributed by atoms with van der Waals surface area (Å²) < 4.78 is 0. The van der Waals surface area contributed by atoms with E-state index in [-0.39, 0.29) is 0 Å². The van der Waals surface area contributed by atoms with Crippen molar-refractivity contribution in [2.75, 3.05) is 0 Å². The largest absolute Gasteiger partial charge is 0.0596 e. The van der Waals surface area contributed by atoms with Crippen molar-refractivity contribution >= 4 is 0 Å². The minimum atomic E-state index is 0.757. The van der Waals surface area contributed by atoms with E-state index in [2.05, 4.69) is 41.5 Å². The second-order valence-corrected chi connectivity index (χ2v) is 15.1. The molecule has 8 rings (SSSR count). The highest BCUT2D eigenvalue weighted by molar-refractivity contribution is 5.02. The zero-order valence-electron chi connectivity index (χ0n) is 21.0. The summed E-state index contributed by atoms with van der Waals surface area (Å²) >= 11 is 0. The van der Waals surface area contributed by atoms with E-state index in [4.69, 9.17) is 0 Å². The van der Waals surface area contributed by atoms with Crippen LogP contribution in [0.1, 0.15) is 151 Å². The van der Waals surface area contributed by atoms with Crippen LogP contribution in [0.3, 0.4) is 0 Å². The molecule has 8 aliphatic carbocycles. The average Bonchev–Trinajstić information content (AvgIpc) is 2.83. The van der Waals surface area contributed by atoms with Gasteiger partial charge in [-0.15, -0.1) is 0 Å². The molecule has 0 N–H and O–H groups in total. The first-order valence-corrected chi connectivity index (χ1v) is 13.4. The molecule has 0 spiro atoms. The Kier molecular flexibility index (Phi) is 5.56. The number of hydrogen-bond donors (Lipinski definition) is 0. The summed E-state index contributed by atoms with van der Waals surface area (Å²) in [4.78, 5) is 0. The maximum atomic E-state index is 2.48. The second kappa shape index (κ2) is 7.27. The number of rotatable bonds is 0. The second-order valence-electron chi connectivity index (χ2n) is 15.1. The lowest BCUT2D eigenvalue weighted by atomic mass is 9.47. The number of hydrogen-bond acceptors (Lipinski definition) is 0. The van der Waals surface area contributed by atoms with E-state index in [1.54, 1.807) is 0 Å². The van der Waals surface area contributed by atoms with Gasteiger partial charge in [0.2, 0.25) is 0 Å². The maximum Gasteiger partial charge on any atom is -0.0315 e. The molecule has 8 saturated carbocycles. The third kappa shape index (κ3) is 4.92. The molecular weight excluding hydrogens is 348 g/mol. The van der Waals surface area contributed by atoms with E-state index in [1.165, 1.54) is 109 Å². The van der Waals surface area contributed by atoms with Gasteiger partial charge in [-0.2, -0.15) is 0 Å². The minimum absolute atomic E-state index is 0.757. The fourth-order valence-electron chi connectivity index (χ4n) is 9.04. The highest BCUT2D eigenvalue weighted by Gasteiger charge is 2.51. The van der Waals surface area contributed by atoms with Crippen LogP contribution in [0.4, 0.5) is 0 Å². The lowest BCUT2D eigenvalue weighted by Gasteiger charge is -2.58. The van der Waals surface area contributed by atoms with Gasteiger partial charge in [-0.25, -0.2) is 0 Å². The maximum absolute atomic E-state index is 2.48. The molecule has 168 valence electrons. The Hall–Kier alpha value is 0. The van der Waals surface area contributed by atoms with Crippen LogP contribution in [0.5, 0.6) is 0 Å². The zero-order valence-corrected chi connectivity index (χ0v) is 21.0. The van der Waals surface area contributed by atoms with Gasteiger partial charge in [-0.1, -0.05) is 54.4 Å². The molecule has 8 fully saturated rings. The predicted molar refractivity (Wildman–Crippen MR) is 127 cm³/mol. The first-order chi connectivity index (χ1) is 13.4. The van der Waals surface area contributed by atoms with Gasteiger partial charge < -0.3 is 0 Å². The molecule has 6 bridgehead atoms. The van der Waals surface area contributed by atoms with Crippen molar-refractivity contribution < 1.29 is 0 Å². The molecule has 29 heavy (non-hydrogen) atoms. The van der Waals surface area contributed by atoms with E-state index < -0.39 is 0 Å². The molecule has 0 aromatic heterocycles. The normalized spacial score (nSPS) is 54.4. The SMILES string of the molecule is CC12CCC(C)(CC1)CC2.CC12CCCC(C)(C1)C2.CC12CCCC(C)(CC1)C2. The molecule has 0 heteroatoms. The summed E-state index contributed by atoms with van der Waals surface area (Å²) in [5, 5.41) is 0. The smallest absolute Gasteiger partial charge is 0.0315 e. The number of fused-ring (bicyclic) bond motifs is 7. The van der Waals surface area contributed by atoms with Crippen LogP contribution in [0.15, 0.2) is 0 Å². The Morgan fingerprint density at radius 1 is 0.276 bits per heavy atom. The van der Waals surface area contributed by atoms with Crippen molar-refractivity contribution in [1.82, 2.24) is 0 Å². The summed E-state index contributed by atoms with van der Waals surface area (Å²) in [5.74, 6) is 0. The summed E-state index contributed by atoms with van der Waals surface area (Å²) in [5.41, 5.74) is 4.61. The van der Waals surface area contributed by atoms with Crippen LogP contribution >= 0.6 is 0 Å². The topological polar surface area (TPSA) is 0 Å². The molecule has 0 nitrogen and oxygen atoms in total. The molecule has 0 aromatic carbocycles. The van der Waals surface area contributed by atoms with Gasteiger partial charge in [0.25, 0.3) is 0 Å². The molecule has 0 heterocycles. The van der Waals surface area contributed by atoms with Crippen molar-refractivity contribution in [3.05, 3.63) is 0 Å². The molecular formula is C29H52. The van der Waals surface area contributed by atoms with Crippen molar-refractivity contribution in [3.63, 3.8) is 0 Å². The Balaban J connectivity index is 0.000000106. The monoisotopic (exact) mass is 400 g/mol. The third-order valence-electron chi connectivity index (χ3n) is 11.0. The molecule has 0 radical (unpaired) electrons.